The van der Waals surface area contributed by atoms with Gasteiger partial charge in [0, 0.05) is 44.8 Å². The summed E-state index contributed by atoms with van der Waals surface area (Å²) in [6, 6.07) is 0.762. The van der Waals surface area contributed by atoms with E-state index in [4.69, 9.17) is 0 Å². The summed E-state index contributed by atoms with van der Waals surface area (Å²) in [5, 5.41) is 6.56. The third kappa shape index (κ3) is 4.41. The molecule has 2 aliphatic heterocycles. The minimum absolute atomic E-state index is 0.144. The third-order valence-corrected chi connectivity index (χ3v) is 5.12. The lowest BCUT2D eigenvalue weighted by Crippen LogP contribution is -2.54. The number of carbonyl (C=O) groups is 1. The van der Waals surface area contributed by atoms with Crippen molar-refractivity contribution in [1.29, 1.82) is 0 Å². The van der Waals surface area contributed by atoms with Crippen molar-refractivity contribution in [2.45, 2.75) is 39.3 Å². The Morgan fingerprint density at radius 1 is 1.29 bits per heavy atom. The molecule has 0 aromatic rings. The lowest BCUT2D eigenvalue weighted by Gasteiger charge is -2.40. The number of nitrogens with zero attached hydrogens (tertiary/aromatic N) is 2. The Bertz CT molecular complexity index is 339. The first-order valence-electron chi connectivity index (χ1n) is 8.42. The van der Waals surface area contributed by atoms with Crippen LogP contribution in [0.15, 0.2) is 0 Å². The number of amides is 1. The lowest BCUT2D eigenvalue weighted by molar-refractivity contribution is -0.125. The molecule has 21 heavy (non-hydrogen) atoms. The van der Waals surface area contributed by atoms with Gasteiger partial charge in [-0.05, 0) is 32.9 Å². The number of hydrogen-bond acceptors (Lipinski definition) is 4. The fraction of sp³-hybridized carbons (Fsp3) is 0.938. The van der Waals surface area contributed by atoms with Crippen LogP contribution in [0.5, 0.6) is 0 Å². The summed E-state index contributed by atoms with van der Waals surface area (Å²) in [5.74, 6) is 0.936. The molecule has 0 aromatic carbocycles. The summed E-state index contributed by atoms with van der Waals surface area (Å²) in [4.78, 5) is 17.3. The number of rotatable bonds is 5. The molecule has 2 fully saturated rings. The average molecular weight is 296 g/mol. The van der Waals surface area contributed by atoms with Crippen LogP contribution in [-0.2, 0) is 4.79 Å². The van der Waals surface area contributed by atoms with E-state index in [9.17, 15) is 4.79 Å². The van der Waals surface area contributed by atoms with Crippen LogP contribution in [0.3, 0.4) is 0 Å². The number of hydrogen-bond donors (Lipinski definition) is 2. The molecule has 0 bridgehead atoms. The van der Waals surface area contributed by atoms with Gasteiger partial charge < -0.3 is 15.5 Å². The highest BCUT2D eigenvalue weighted by molar-refractivity contribution is 5.79. The molecule has 2 rings (SSSR count). The minimum Gasteiger partial charge on any atom is -0.354 e. The van der Waals surface area contributed by atoms with E-state index in [1.54, 1.807) is 0 Å². The Morgan fingerprint density at radius 3 is 2.48 bits per heavy atom. The first-order valence-corrected chi connectivity index (χ1v) is 8.42. The lowest BCUT2D eigenvalue weighted by atomic mass is 9.99. The maximum Gasteiger partial charge on any atom is 0.224 e. The van der Waals surface area contributed by atoms with Crippen molar-refractivity contribution >= 4 is 5.91 Å². The number of piperazine rings is 1. The zero-order valence-electron chi connectivity index (χ0n) is 14.1. The Labute approximate surface area is 129 Å². The van der Waals surface area contributed by atoms with Gasteiger partial charge in [-0.2, -0.15) is 0 Å². The molecule has 122 valence electrons. The molecule has 2 N–H and O–H groups in total. The third-order valence-electron chi connectivity index (χ3n) is 5.12. The molecule has 0 spiro atoms. The highest BCUT2D eigenvalue weighted by Gasteiger charge is 2.31. The van der Waals surface area contributed by atoms with Crippen molar-refractivity contribution in [2.75, 3.05) is 46.3 Å². The molecule has 0 saturated carbocycles. The molecule has 3 unspecified atom stereocenters. The summed E-state index contributed by atoms with van der Waals surface area (Å²) in [7, 11) is 2.18. The second-order valence-corrected chi connectivity index (χ2v) is 7.03. The highest BCUT2D eigenvalue weighted by atomic mass is 16.1. The molecular weight excluding hydrogens is 264 g/mol. The van der Waals surface area contributed by atoms with Gasteiger partial charge in [0.1, 0.15) is 0 Å². The van der Waals surface area contributed by atoms with Crippen molar-refractivity contribution in [3.8, 4) is 0 Å². The number of likely N-dealkylation sites (N-methyl/N-ethyl adjacent to an activating group) is 1. The summed E-state index contributed by atoms with van der Waals surface area (Å²) < 4.78 is 0. The monoisotopic (exact) mass is 296 g/mol. The van der Waals surface area contributed by atoms with Crippen molar-refractivity contribution < 1.29 is 4.79 Å². The molecular formula is C16H32N4O. The van der Waals surface area contributed by atoms with Crippen molar-refractivity contribution in [2.24, 2.45) is 11.8 Å². The quantitative estimate of drug-likeness (QED) is 0.770. The second-order valence-electron chi connectivity index (χ2n) is 7.03. The zero-order valence-corrected chi connectivity index (χ0v) is 14.1. The minimum atomic E-state index is 0.144. The Hall–Kier alpha value is -0.650. The van der Waals surface area contributed by atoms with E-state index in [0.29, 0.717) is 18.0 Å². The largest absolute Gasteiger partial charge is 0.354 e. The van der Waals surface area contributed by atoms with Crippen LogP contribution in [0, 0.1) is 11.8 Å². The molecule has 2 aliphatic rings. The fourth-order valence-electron chi connectivity index (χ4n) is 3.49. The highest BCUT2D eigenvalue weighted by Crippen LogP contribution is 2.16. The average Bonchev–Trinajstić information content (AvgIpc) is 2.86. The number of nitrogens with one attached hydrogen (secondary N) is 2. The molecule has 1 amide bonds. The molecule has 3 atom stereocenters. The zero-order chi connectivity index (χ0) is 15.4. The fourth-order valence-corrected chi connectivity index (χ4v) is 3.49. The van der Waals surface area contributed by atoms with E-state index >= 15 is 0 Å². The summed E-state index contributed by atoms with van der Waals surface area (Å²) in [6.07, 6.45) is 0.966. The standard InChI is InChI=1S/C16H32N4O/c1-12(2)15(20-9-7-19(4)8-10-20)11-18-16(21)14-5-6-17-13(14)3/h12-15,17H,5-11H2,1-4H3,(H,18,21). The van der Waals surface area contributed by atoms with E-state index in [1.165, 1.54) is 0 Å². The van der Waals surface area contributed by atoms with Crippen molar-refractivity contribution in [3.63, 3.8) is 0 Å². The van der Waals surface area contributed by atoms with Gasteiger partial charge in [-0.15, -0.1) is 0 Å². The smallest absolute Gasteiger partial charge is 0.224 e. The van der Waals surface area contributed by atoms with Crippen LogP contribution in [-0.4, -0.2) is 74.1 Å². The van der Waals surface area contributed by atoms with Gasteiger partial charge in [0.15, 0.2) is 0 Å². The molecule has 0 aromatic heterocycles. The van der Waals surface area contributed by atoms with Gasteiger partial charge in [0.05, 0.1) is 5.92 Å². The number of carbonyl (C=O) groups excluding carboxylic acids is 1. The van der Waals surface area contributed by atoms with Crippen molar-refractivity contribution in [1.82, 2.24) is 20.4 Å². The maximum atomic E-state index is 12.3. The molecule has 2 saturated heterocycles. The van der Waals surface area contributed by atoms with Crippen molar-refractivity contribution in [3.05, 3.63) is 0 Å². The van der Waals surface area contributed by atoms with Crippen LogP contribution in [0.1, 0.15) is 27.2 Å². The first kappa shape index (κ1) is 16.7. The van der Waals surface area contributed by atoms with E-state index in [1.807, 2.05) is 0 Å². The topological polar surface area (TPSA) is 47.6 Å². The van der Waals surface area contributed by atoms with Crippen LogP contribution >= 0.6 is 0 Å². The Morgan fingerprint density at radius 2 is 1.95 bits per heavy atom. The summed E-state index contributed by atoms with van der Waals surface area (Å²) >= 11 is 0. The molecule has 5 heteroatoms. The van der Waals surface area contributed by atoms with Gasteiger partial charge in [-0.1, -0.05) is 13.8 Å². The molecule has 5 nitrogen and oxygen atoms in total. The molecule has 0 radical (unpaired) electrons. The van der Waals surface area contributed by atoms with E-state index in [0.717, 1.165) is 45.7 Å². The molecule has 0 aliphatic carbocycles. The van der Waals surface area contributed by atoms with Gasteiger partial charge in [-0.3, -0.25) is 9.69 Å². The van der Waals surface area contributed by atoms with Gasteiger partial charge in [-0.25, -0.2) is 0 Å². The Balaban J connectivity index is 1.84. The van der Waals surface area contributed by atoms with E-state index in [-0.39, 0.29) is 11.8 Å². The van der Waals surface area contributed by atoms with Crippen LogP contribution in [0.4, 0.5) is 0 Å². The predicted octanol–water partition coefficient (Wildman–Crippen LogP) is 0.373. The van der Waals surface area contributed by atoms with Gasteiger partial charge in [0.25, 0.3) is 0 Å². The van der Waals surface area contributed by atoms with Crippen LogP contribution in [0.2, 0.25) is 0 Å². The van der Waals surface area contributed by atoms with Gasteiger partial charge in [0.2, 0.25) is 5.91 Å². The first-order chi connectivity index (χ1) is 9.99. The van der Waals surface area contributed by atoms with Crippen LogP contribution in [0.25, 0.3) is 0 Å². The normalized spacial score (nSPS) is 29.8. The second kappa shape index (κ2) is 7.56. The SMILES string of the molecule is CC(C)C(CNC(=O)C1CCNC1C)N1CCN(C)CC1. The molecule has 2 heterocycles. The Kier molecular flexibility index (Phi) is 6.02. The van der Waals surface area contributed by atoms with E-state index in [2.05, 4.69) is 48.3 Å². The predicted molar refractivity (Wildman–Crippen MR) is 86.3 cm³/mol. The van der Waals surface area contributed by atoms with Gasteiger partial charge >= 0.3 is 0 Å². The van der Waals surface area contributed by atoms with Crippen LogP contribution < -0.4 is 10.6 Å². The van der Waals surface area contributed by atoms with E-state index < -0.39 is 0 Å². The summed E-state index contributed by atoms with van der Waals surface area (Å²) in [5.41, 5.74) is 0. The summed E-state index contributed by atoms with van der Waals surface area (Å²) in [6.45, 7) is 12.8. The maximum absolute atomic E-state index is 12.3.